The van der Waals surface area contributed by atoms with Crippen LogP contribution in [-0.2, 0) is 14.3 Å². The summed E-state index contributed by atoms with van der Waals surface area (Å²) in [6, 6.07) is 9.38. The van der Waals surface area contributed by atoms with E-state index in [9.17, 15) is 4.79 Å². The molecule has 1 rings (SSSR count). The molecule has 0 spiro atoms. The first-order valence-electron chi connectivity index (χ1n) is 6.24. The second kappa shape index (κ2) is 8.66. The van der Waals surface area contributed by atoms with Crippen molar-refractivity contribution in [1.82, 2.24) is 0 Å². The molecule has 0 saturated carbocycles. The monoisotopic (exact) mass is 251 g/mol. The van der Waals surface area contributed by atoms with Crippen LogP contribution in [0.1, 0.15) is 30.9 Å². The van der Waals surface area contributed by atoms with Crippen LogP contribution < -0.4 is 5.73 Å². The van der Waals surface area contributed by atoms with Gasteiger partial charge in [-0.3, -0.25) is 0 Å². The molecule has 1 aromatic carbocycles. The number of nitrogens with two attached hydrogens (primary N) is 1. The predicted molar refractivity (Wildman–Crippen MR) is 70.1 cm³/mol. The molecule has 0 aromatic heterocycles. The van der Waals surface area contributed by atoms with E-state index in [0.717, 1.165) is 24.8 Å². The van der Waals surface area contributed by atoms with Crippen molar-refractivity contribution in [3.63, 3.8) is 0 Å². The Morgan fingerprint density at radius 2 is 1.94 bits per heavy atom. The van der Waals surface area contributed by atoms with Crippen LogP contribution in [-0.4, -0.2) is 26.2 Å². The van der Waals surface area contributed by atoms with Crippen molar-refractivity contribution in [2.45, 2.75) is 25.4 Å². The largest absolute Gasteiger partial charge is 0.467 e. The standard InChI is InChI=1S/C14H21NO3/c1-17-14(16)13(12-8-4-2-5-9-12)18-11-7-3-6-10-15/h2,4-5,8-9,13H,3,6-7,10-11,15H2,1H3. The molecule has 0 amide bonds. The molecule has 0 fully saturated rings. The average Bonchev–Trinajstić information content (AvgIpc) is 2.43. The molecular weight excluding hydrogens is 230 g/mol. The highest BCUT2D eigenvalue weighted by Gasteiger charge is 2.21. The van der Waals surface area contributed by atoms with Crippen molar-refractivity contribution >= 4 is 5.97 Å². The summed E-state index contributed by atoms with van der Waals surface area (Å²) in [7, 11) is 1.37. The Hall–Kier alpha value is -1.39. The molecule has 18 heavy (non-hydrogen) atoms. The predicted octanol–water partition coefficient (Wildman–Crippen LogP) is 2.05. The number of methoxy groups -OCH3 is 1. The van der Waals surface area contributed by atoms with Crippen molar-refractivity contribution < 1.29 is 14.3 Å². The zero-order valence-electron chi connectivity index (χ0n) is 10.8. The van der Waals surface area contributed by atoms with E-state index in [2.05, 4.69) is 0 Å². The van der Waals surface area contributed by atoms with Gasteiger partial charge < -0.3 is 15.2 Å². The van der Waals surface area contributed by atoms with Gasteiger partial charge in [0.1, 0.15) is 0 Å². The summed E-state index contributed by atoms with van der Waals surface area (Å²) in [5, 5.41) is 0. The Morgan fingerprint density at radius 1 is 1.22 bits per heavy atom. The smallest absolute Gasteiger partial charge is 0.339 e. The number of benzene rings is 1. The minimum atomic E-state index is -0.630. The van der Waals surface area contributed by atoms with Gasteiger partial charge in [0, 0.05) is 6.61 Å². The Morgan fingerprint density at radius 3 is 2.56 bits per heavy atom. The number of hydrogen-bond donors (Lipinski definition) is 1. The van der Waals surface area contributed by atoms with Gasteiger partial charge in [0.05, 0.1) is 7.11 Å². The first-order valence-corrected chi connectivity index (χ1v) is 6.24. The van der Waals surface area contributed by atoms with E-state index in [1.54, 1.807) is 0 Å². The highest BCUT2D eigenvalue weighted by molar-refractivity contribution is 5.76. The van der Waals surface area contributed by atoms with Crippen LogP contribution in [0, 0.1) is 0 Å². The van der Waals surface area contributed by atoms with Gasteiger partial charge in [-0.1, -0.05) is 30.3 Å². The third-order valence-corrected chi connectivity index (χ3v) is 2.65. The minimum absolute atomic E-state index is 0.361. The molecule has 4 nitrogen and oxygen atoms in total. The molecule has 100 valence electrons. The molecule has 4 heteroatoms. The normalized spacial score (nSPS) is 12.1. The van der Waals surface area contributed by atoms with Gasteiger partial charge in [-0.05, 0) is 31.4 Å². The van der Waals surface area contributed by atoms with Crippen molar-refractivity contribution in [3.8, 4) is 0 Å². The van der Waals surface area contributed by atoms with Crippen LogP contribution in [0.2, 0.25) is 0 Å². The first kappa shape index (κ1) is 14.7. The summed E-state index contributed by atoms with van der Waals surface area (Å²) in [5.41, 5.74) is 6.24. The summed E-state index contributed by atoms with van der Waals surface area (Å²) in [6.07, 6.45) is 2.27. The van der Waals surface area contributed by atoms with Gasteiger partial charge in [-0.15, -0.1) is 0 Å². The van der Waals surface area contributed by atoms with E-state index in [1.807, 2.05) is 30.3 Å². The van der Waals surface area contributed by atoms with E-state index in [1.165, 1.54) is 7.11 Å². The summed E-state index contributed by atoms with van der Waals surface area (Å²) in [4.78, 5) is 11.7. The number of unbranched alkanes of at least 4 members (excludes halogenated alkanes) is 2. The maximum Gasteiger partial charge on any atom is 0.339 e. The molecule has 0 heterocycles. The van der Waals surface area contributed by atoms with E-state index < -0.39 is 6.10 Å². The Balaban J connectivity index is 2.50. The SMILES string of the molecule is COC(=O)C(OCCCCCN)c1ccccc1. The quantitative estimate of drug-likeness (QED) is 0.567. The molecule has 1 atom stereocenters. The van der Waals surface area contributed by atoms with E-state index >= 15 is 0 Å². The van der Waals surface area contributed by atoms with Crippen LogP contribution in [0.15, 0.2) is 30.3 Å². The van der Waals surface area contributed by atoms with Gasteiger partial charge in [-0.2, -0.15) is 0 Å². The highest BCUT2D eigenvalue weighted by Crippen LogP contribution is 2.19. The lowest BCUT2D eigenvalue weighted by Gasteiger charge is -2.15. The van der Waals surface area contributed by atoms with Gasteiger partial charge in [0.15, 0.2) is 6.10 Å². The zero-order valence-corrected chi connectivity index (χ0v) is 10.8. The fraction of sp³-hybridized carbons (Fsp3) is 0.500. The maximum absolute atomic E-state index is 11.7. The van der Waals surface area contributed by atoms with Gasteiger partial charge >= 0.3 is 5.97 Å². The number of carbonyl (C=O) groups excluding carboxylic acids is 1. The topological polar surface area (TPSA) is 61.5 Å². The number of ether oxygens (including phenoxy) is 2. The van der Waals surface area contributed by atoms with Crippen LogP contribution in [0.25, 0.3) is 0 Å². The second-order valence-electron chi connectivity index (χ2n) is 4.03. The van der Waals surface area contributed by atoms with Crippen molar-refractivity contribution in [2.24, 2.45) is 5.73 Å². The van der Waals surface area contributed by atoms with E-state index in [-0.39, 0.29) is 5.97 Å². The van der Waals surface area contributed by atoms with Crippen molar-refractivity contribution in [3.05, 3.63) is 35.9 Å². The van der Waals surface area contributed by atoms with E-state index in [0.29, 0.717) is 13.2 Å². The average molecular weight is 251 g/mol. The summed E-state index contributed by atoms with van der Waals surface area (Å²) < 4.78 is 10.4. The van der Waals surface area contributed by atoms with Gasteiger partial charge in [0.2, 0.25) is 0 Å². The lowest BCUT2D eigenvalue weighted by molar-refractivity contribution is -0.154. The highest BCUT2D eigenvalue weighted by atomic mass is 16.6. The zero-order chi connectivity index (χ0) is 13.2. The second-order valence-corrected chi connectivity index (χ2v) is 4.03. The van der Waals surface area contributed by atoms with Crippen LogP contribution in [0.4, 0.5) is 0 Å². The Kier molecular flexibility index (Phi) is 7.06. The Bertz CT molecular complexity index is 340. The third kappa shape index (κ3) is 4.85. The van der Waals surface area contributed by atoms with Crippen molar-refractivity contribution in [2.75, 3.05) is 20.3 Å². The molecule has 0 saturated heterocycles. The summed E-state index contributed by atoms with van der Waals surface area (Å²) in [6.45, 7) is 1.23. The number of hydrogen-bond acceptors (Lipinski definition) is 4. The molecule has 0 aliphatic heterocycles. The summed E-state index contributed by atoms with van der Waals surface area (Å²) in [5.74, 6) is -0.361. The van der Waals surface area contributed by atoms with Gasteiger partial charge in [-0.25, -0.2) is 4.79 Å². The molecule has 0 aliphatic carbocycles. The molecular formula is C14H21NO3. The third-order valence-electron chi connectivity index (χ3n) is 2.65. The van der Waals surface area contributed by atoms with Crippen molar-refractivity contribution in [1.29, 1.82) is 0 Å². The minimum Gasteiger partial charge on any atom is -0.467 e. The number of rotatable bonds is 8. The lowest BCUT2D eigenvalue weighted by Crippen LogP contribution is -2.18. The summed E-state index contributed by atoms with van der Waals surface area (Å²) >= 11 is 0. The first-order chi connectivity index (χ1) is 8.79. The molecule has 0 radical (unpaired) electrons. The maximum atomic E-state index is 11.7. The molecule has 0 bridgehead atoms. The van der Waals surface area contributed by atoms with Gasteiger partial charge in [0.25, 0.3) is 0 Å². The van der Waals surface area contributed by atoms with Crippen LogP contribution in [0.3, 0.4) is 0 Å². The van der Waals surface area contributed by atoms with E-state index in [4.69, 9.17) is 15.2 Å². The van der Waals surface area contributed by atoms with Crippen LogP contribution in [0.5, 0.6) is 0 Å². The molecule has 1 aromatic rings. The molecule has 1 unspecified atom stereocenters. The number of esters is 1. The van der Waals surface area contributed by atoms with Crippen LogP contribution >= 0.6 is 0 Å². The molecule has 2 N–H and O–H groups in total. The lowest BCUT2D eigenvalue weighted by atomic mass is 10.1. The number of carbonyl (C=O) groups is 1. The Labute approximate surface area is 108 Å². The fourth-order valence-corrected chi connectivity index (χ4v) is 1.66. The fourth-order valence-electron chi connectivity index (χ4n) is 1.66. The molecule has 0 aliphatic rings.